The smallest absolute Gasteiger partial charge is 0.223 e. The molecule has 0 radical (unpaired) electrons. The summed E-state index contributed by atoms with van der Waals surface area (Å²) in [5, 5.41) is 0. The van der Waals surface area contributed by atoms with Gasteiger partial charge in [-0.3, -0.25) is 0 Å². The van der Waals surface area contributed by atoms with Crippen LogP contribution in [0.2, 0.25) is 0 Å². The van der Waals surface area contributed by atoms with E-state index in [0.29, 0.717) is 11.1 Å². The van der Waals surface area contributed by atoms with Crippen LogP contribution in [0.4, 0.5) is 26.3 Å². The van der Waals surface area contributed by atoms with Crippen molar-refractivity contribution in [2.45, 2.75) is 38.1 Å². The average Bonchev–Trinajstić information content (AvgIpc) is 3.74. The summed E-state index contributed by atoms with van der Waals surface area (Å²) in [6.45, 7) is 3.59. The molecule has 0 aliphatic carbocycles. The Hall–Kier alpha value is -6.16. The van der Waals surface area contributed by atoms with Crippen LogP contribution in [-0.4, -0.2) is 24.0 Å². The molecule has 0 saturated heterocycles. The van der Waals surface area contributed by atoms with E-state index < -0.39 is 35.4 Å². The van der Waals surface area contributed by atoms with Crippen molar-refractivity contribution in [2.75, 3.05) is 0 Å². The van der Waals surface area contributed by atoms with Gasteiger partial charge in [-0.05, 0) is 72.5 Å². The molecule has 4 nitrogen and oxygen atoms in total. The first-order valence-electron chi connectivity index (χ1n) is 17.2. The Kier molecular flexibility index (Phi) is 10.4. The molecule has 0 unspecified atom stereocenters. The number of hydrogen-bond acceptors (Lipinski definition) is 4. The number of aliphatic imine (C=N–C) groups is 2. The van der Waals surface area contributed by atoms with Crippen LogP contribution in [0, 0.1) is 34.9 Å². The van der Waals surface area contributed by atoms with Gasteiger partial charge in [-0.1, -0.05) is 97.1 Å². The molecule has 54 heavy (non-hydrogen) atoms. The van der Waals surface area contributed by atoms with Gasteiger partial charge >= 0.3 is 0 Å². The van der Waals surface area contributed by atoms with E-state index in [1.165, 1.54) is 48.5 Å². The largest absolute Gasteiger partial charge is 0.472 e. The lowest BCUT2D eigenvalue weighted by atomic mass is 9.99. The number of nitrogens with zero attached hydrogens (tertiary/aromatic N) is 2. The lowest BCUT2D eigenvalue weighted by Gasteiger charge is -2.14. The molecule has 0 saturated carbocycles. The van der Waals surface area contributed by atoms with Gasteiger partial charge in [0.2, 0.25) is 11.8 Å². The molecule has 2 aliphatic rings. The highest BCUT2D eigenvalue weighted by molar-refractivity contribution is 5.96. The Labute approximate surface area is 308 Å². The molecule has 2 aliphatic heterocycles. The van der Waals surface area contributed by atoms with E-state index in [-0.39, 0.29) is 46.8 Å². The summed E-state index contributed by atoms with van der Waals surface area (Å²) in [7, 11) is 0. The molecule has 4 atom stereocenters. The molecule has 0 amide bonds. The van der Waals surface area contributed by atoms with Gasteiger partial charge in [0.25, 0.3) is 0 Å². The average molecular weight is 735 g/mol. The minimum Gasteiger partial charge on any atom is -0.472 e. The van der Waals surface area contributed by atoms with Gasteiger partial charge < -0.3 is 9.47 Å². The molecule has 6 aromatic rings. The standard InChI is InChI=1S/2C22H16F3NO/c2*1-13-21(26-22(27-13)20-18(24)7-4-8-19(20)25)15-11-9-14(10-12-15)16-5-2-3-6-17(16)23/h2*2-13,21H,1H3/t2*13-,21+/m10/s1. The van der Waals surface area contributed by atoms with E-state index in [4.69, 9.17) is 9.47 Å². The number of halogens is 6. The van der Waals surface area contributed by atoms with Gasteiger partial charge in [-0.25, -0.2) is 36.3 Å². The molecule has 0 bridgehead atoms. The third-order valence-corrected chi connectivity index (χ3v) is 9.22. The Bertz CT molecular complexity index is 2150. The lowest BCUT2D eigenvalue weighted by Crippen LogP contribution is -2.14. The van der Waals surface area contributed by atoms with Crippen LogP contribution >= 0.6 is 0 Å². The minimum atomic E-state index is -0.712. The molecular weight excluding hydrogens is 702 g/mol. The minimum absolute atomic E-state index is 0.0405. The maximum atomic E-state index is 14.0. The van der Waals surface area contributed by atoms with Crippen molar-refractivity contribution in [1.29, 1.82) is 0 Å². The van der Waals surface area contributed by atoms with Crippen molar-refractivity contribution in [3.05, 3.63) is 191 Å². The van der Waals surface area contributed by atoms with E-state index in [1.807, 2.05) is 24.3 Å². The number of hydrogen-bond donors (Lipinski definition) is 0. The van der Waals surface area contributed by atoms with E-state index >= 15 is 0 Å². The molecule has 0 spiro atoms. The zero-order chi connectivity index (χ0) is 37.9. The van der Waals surface area contributed by atoms with E-state index in [2.05, 4.69) is 9.98 Å². The molecule has 6 aromatic carbocycles. The second-order valence-corrected chi connectivity index (χ2v) is 12.8. The summed E-state index contributed by atoms with van der Waals surface area (Å²) < 4.78 is 95.1. The highest BCUT2D eigenvalue weighted by atomic mass is 19.2. The third-order valence-electron chi connectivity index (χ3n) is 9.22. The fourth-order valence-electron chi connectivity index (χ4n) is 6.46. The second kappa shape index (κ2) is 15.4. The van der Waals surface area contributed by atoms with Crippen LogP contribution in [0.3, 0.4) is 0 Å². The van der Waals surface area contributed by atoms with E-state index in [1.54, 1.807) is 74.5 Å². The van der Waals surface area contributed by atoms with E-state index in [9.17, 15) is 26.3 Å². The molecular formula is C44H32F6N2O2. The lowest BCUT2D eigenvalue weighted by molar-refractivity contribution is 0.212. The van der Waals surface area contributed by atoms with Gasteiger partial charge in [-0.15, -0.1) is 0 Å². The quantitative estimate of drug-likeness (QED) is 0.160. The fraction of sp³-hybridized carbons (Fsp3) is 0.136. The summed E-state index contributed by atoms with van der Waals surface area (Å²) in [6, 6.07) is 34.1. The van der Waals surface area contributed by atoms with Crippen LogP contribution < -0.4 is 0 Å². The van der Waals surface area contributed by atoms with Gasteiger partial charge in [0.15, 0.2) is 0 Å². The summed E-state index contributed by atoms with van der Waals surface area (Å²) in [4.78, 5) is 8.78. The Balaban J connectivity index is 0.000000167. The summed E-state index contributed by atoms with van der Waals surface area (Å²) in [5.41, 5.74) is 3.66. The molecule has 0 fully saturated rings. The van der Waals surface area contributed by atoms with Crippen LogP contribution in [-0.2, 0) is 9.47 Å². The highest BCUT2D eigenvalue weighted by Crippen LogP contribution is 2.35. The summed E-state index contributed by atoms with van der Waals surface area (Å²) in [6.07, 6.45) is -0.753. The first-order valence-corrected chi connectivity index (χ1v) is 17.2. The van der Waals surface area contributed by atoms with Crippen molar-refractivity contribution in [1.82, 2.24) is 0 Å². The van der Waals surface area contributed by atoms with E-state index in [0.717, 1.165) is 22.3 Å². The van der Waals surface area contributed by atoms with Crippen molar-refractivity contribution >= 4 is 11.8 Å². The zero-order valence-electron chi connectivity index (χ0n) is 29.0. The topological polar surface area (TPSA) is 43.2 Å². The van der Waals surface area contributed by atoms with Gasteiger partial charge in [-0.2, -0.15) is 0 Å². The molecule has 10 heteroatoms. The summed E-state index contributed by atoms with van der Waals surface area (Å²) >= 11 is 0. The monoisotopic (exact) mass is 734 g/mol. The van der Waals surface area contributed by atoms with Crippen molar-refractivity contribution in [3.8, 4) is 22.3 Å². The number of rotatable bonds is 6. The Morgan fingerprint density at radius 3 is 1.04 bits per heavy atom. The van der Waals surface area contributed by atoms with Crippen molar-refractivity contribution in [3.63, 3.8) is 0 Å². The highest BCUT2D eigenvalue weighted by Gasteiger charge is 2.33. The molecule has 0 N–H and O–H groups in total. The van der Waals surface area contributed by atoms with Gasteiger partial charge in [0, 0.05) is 11.1 Å². The maximum absolute atomic E-state index is 14.0. The first kappa shape index (κ1) is 36.2. The number of ether oxygens (including phenoxy) is 2. The summed E-state index contributed by atoms with van der Waals surface area (Å²) in [5.74, 6) is -3.51. The third kappa shape index (κ3) is 7.37. The SMILES string of the molecule is C[C@@H]1OC(c2c(F)cccc2F)=N[C@H]1c1ccc(-c2ccccc2F)cc1.C[C@H]1OC(c2c(F)cccc2F)=N[C@@H]1c1ccc(-c2ccccc2F)cc1. The predicted octanol–water partition coefficient (Wildman–Crippen LogP) is 11.4. The Morgan fingerprint density at radius 1 is 0.389 bits per heavy atom. The van der Waals surface area contributed by atoms with Crippen molar-refractivity contribution < 1.29 is 35.8 Å². The second-order valence-electron chi connectivity index (χ2n) is 12.8. The van der Waals surface area contributed by atoms with Gasteiger partial charge in [0.1, 0.15) is 70.3 Å². The molecule has 2 heterocycles. The van der Waals surface area contributed by atoms with Crippen molar-refractivity contribution in [2.24, 2.45) is 9.98 Å². The van der Waals surface area contributed by atoms with Crippen LogP contribution in [0.15, 0.2) is 143 Å². The zero-order valence-corrected chi connectivity index (χ0v) is 29.0. The Morgan fingerprint density at radius 2 is 0.704 bits per heavy atom. The number of benzene rings is 6. The predicted molar refractivity (Wildman–Crippen MR) is 196 cm³/mol. The first-order chi connectivity index (χ1) is 26.1. The molecule has 0 aromatic heterocycles. The maximum Gasteiger partial charge on any atom is 0.223 e. The van der Waals surface area contributed by atoms with Crippen LogP contribution in [0.5, 0.6) is 0 Å². The fourth-order valence-corrected chi connectivity index (χ4v) is 6.46. The van der Waals surface area contributed by atoms with Crippen LogP contribution in [0.1, 0.15) is 48.2 Å². The normalized spacial score (nSPS) is 18.9. The molecule has 272 valence electrons. The van der Waals surface area contributed by atoms with Gasteiger partial charge in [0.05, 0.1) is 0 Å². The van der Waals surface area contributed by atoms with Crippen LogP contribution in [0.25, 0.3) is 22.3 Å². The molecule has 8 rings (SSSR count).